The SMILES string of the molecule is COc1ccccc1/C=C1\C(=O)c2ccccc2SC1c1ccccc1. The number of ketones is 1. The second-order valence-electron chi connectivity index (χ2n) is 6.08. The second kappa shape index (κ2) is 7.22. The van der Waals surface area contributed by atoms with E-state index in [1.54, 1.807) is 18.9 Å². The summed E-state index contributed by atoms with van der Waals surface area (Å²) >= 11 is 1.72. The minimum absolute atomic E-state index is 0.0384. The fourth-order valence-electron chi connectivity index (χ4n) is 3.19. The zero-order valence-electron chi connectivity index (χ0n) is 14.4. The van der Waals surface area contributed by atoms with Gasteiger partial charge in [-0.3, -0.25) is 4.79 Å². The summed E-state index contributed by atoms with van der Waals surface area (Å²) in [6.45, 7) is 0. The van der Waals surface area contributed by atoms with Crippen molar-refractivity contribution in [2.24, 2.45) is 0 Å². The maximum Gasteiger partial charge on any atom is 0.191 e. The van der Waals surface area contributed by atoms with Gasteiger partial charge in [0.2, 0.25) is 0 Å². The highest BCUT2D eigenvalue weighted by Gasteiger charge is 2.31. The van der Waals surface area contributed by atoms with E-state index in [0.717, 1.165) is 32.9 Å². The third-order valence-electron chi connectivity index (χ3n) is 4.47. The average Bonchev–Trinajstić information content (AvgIpc) is 2.71. The Hall–Kier alpha value is -2.78. The highest BCUT2D eigenvalue weighted by molar-refractivity contribution is 8.00. The molecule has 0 aliphatic carbocycles. The van der Waals surface area contributed by atoms with Crippen molar-refractivity contribution in [1.82, 2.24) is 0 Å². The normalized spacial score (nSPS) is 17.8. The molecule has 128 valence electrons. The molecular formula is C23H18O2S. The van der Waals surface area contributed by atoms with Crippen LogP contribution in [0, 0.1) is 0 Å². The number of carbonyl (C=O) groups excluding carboxylic acids is 1. The van der Waals surface area contributed by atoms with E-state index in [4.69, 9.17) is 4.74 Å². The van der Waals surface area contributed by atoms with Crippen LogP contribution in [-0.2, 0) is 0 Å². The van der Waals surface area contributed by atoms with Crippen molar-refractivity contribution in [2.45, 2.75) is 10.1 Å². The number of Topliss-reactive ketones (excluding diaryl/α,β-unsaturated/α-hetero) is 1. The Morgan fingerprint density at radius 1 is 0.885 bits per heavy atom. The van der Waals surface area contributed by atoms with Crippen molar-refractivity contribution in [3.8, 4) is 5.75 Å². The van der Waals surface area contributed by atoms with E-state index in [1.165, 1.54) is 0 Å². The molecule has 3 aromatic rings. The number of thioether (sulfide) groups is 1. The highest BCUT2D eigenvalue weighted by Crippen LogP contribution is 2.48. The summed E-state index contributed by atoms with van der Waals surface area (Å²) in [6.07, 6.45) is 1.97. The van der Waals surface area contributed by atoms with Crippen LogP contribution in [-0.4, -0.2) is 12.9 Å². The van der Waals surface area contributed by atoms with Gasteiger partial charge in [-0.05, 0) is 29.8 Å². The molecule has 1 heterocycles. The number of fused-ring (bicyclic) bond motifs is 1. The number of ether oxygens (including phenoxy) is 1. The smallest absolute Gasteiger partial charge is 0.191 e. The Labute approximate surface area is 157 Å². The number of hydrogen-bond donors (Lipinski definition) is 0. The maximum absolute atomic E-state index is 13.3. The van der Waals surface area contributed by atoms with Gasteiger partial charge in [0, 0.05) is 21.6 Å². The van der Waals surface area contributed by atoms with Crippen molar-refractivity contribution in [3.63, 3.8) is 0 Å². The number of rotatable bonds is 3. The van der Waals surface area contributed by atoms with E-state index in [1.807, 2.05) is 72.8 Å². The van der Waals surface area contributed by atoms with E-state index >= 15 is 0 Å². The van der Waals surface area contributed by atoms with E-state index in [2.05, 4.69) is 12.1 Å². The third-order valence-corrected chi connectivity index (χ3v) is 5.85. The standard InChI is InChI=1S/C23H18O2S/c1-25-20-13-7-5-11-17(20)15-19-22(24)18-12-6-8-14-21(18)26-23(19)16-9-3-2-4-10-16/h2-15,23H,1H3/b19-15+. The molecule has 0 fully saturated rings. The molecule has 26 heavy (non-hydrogen) atoms. The molecule has 1 unspecified atom stereocenters. The molecule has 1 atom stereocenters. The van der Waals surface area contributed by atoms with Crippen LogP contribution in [0.15, 0.2) is 89.3 Å². The van der Waals surface area contributed by atoms with Gasteiger partial charge in [-0.25, -0.2) is 0 Å². The number of benzene rings is 3. The van der Waals surface area contributed by atoms with Crippen LogP contribution < -0.4 is 4.74 Å². The molecule has 0 saturated heterocycles. The molecule has 0 N–H and O–H groups in total. The van der Waals surface area contributed by atoms with Gasteiger partial charge in [-0.15, -0.1) is 11.8 Å². The Balaban J connectivity index is 1.88. The highest BCUT2D eigenvalue weighted by atomic mass is 32.2. The van der Waals surface area contributed by atoms with Gasteiger partial charge in [-0.2, -0.15) is 0 Å². The van der Waals surface area contributed by atoms with Crippen molar-refractivity contribution in [2.75, 3.05) is 7.11 Å². The molecule has 0 amide bonds. The topological polar surface area (TPSA) is 26.3 Å². The van der Waals surface area contributed by atoms with E-state index in [-0.39, 0.29) is 11.0 Å². The van der Waals surface area contributed by atoms with Crippen LogP contribution in [0.2, 0.25) is 0 Å². The third kappa shape index (κ3) is 3.06. The Morgan fingerprint density at radius 2 is 1.58 bits per heavy atom. The summed E-state index contributed by atoms with van der Waals surface area (Å²) in [6, 6.07) is 25.8. The largest absolute Gasteiger partial charge is 0.496 e. The van der Waals surface area contributed by atoms with Gasteiger partial charge >= 0.3 is 0 Å². The summed E-state index contributed by atoms with van der Waals surface area (Å²) in [5.41, 5.74) is 3.59. The predicted octanol–water partition coefficient (Wildman–Crippen LogP) is 5.81. The molecule has 3 heteroatoms. The van der Waals surface area contributed by atoms with Gasteiger partial charge in [0.15, 0.2) is 5.78 Å². The monoisotopic (exact) mass is 358 g/mol. The van der Waals surface area contributed by atoms with Crippen LogP contribution in [0.25, 0.3) is 6.08 Å². The molecule has 1 aliphatic rings. The fraction of sp³-hybridized carbons (Fsp3) is 0.0870. The van der Waals surface area contributed by atoms with Crippen LogP contribution in [0.4, 0.5) is 0 Å². The Morgan fingerprint density at radius 3 is 2.38 bits per heavy atom. The van der Waals surface area contributed by atoms with Crippen LogP contribution >= 0.6 is 11.8 Å². The van der Waals surface area contributed by atoms with Gasteiger partial charge in [0.1, 0.15) is 5.75 Å². The molecule has 4 rings (SSSR count). The van der Waals surface area contributed by atoms with Crippen molar-refractivity contribution >= 4 is 23.6 Å². The summed E-state index contributed by atoms with van der Waals surface area (Å²) < 4.78 is 5.47. The van der Waals surface area contributed by atoms with Gasteiger partial charge in [-0.1, -0.05) is 60.7 Å². The fourth-order valence-corrected chi connectivity index (χ4v) is 4.49. The zero-order valence-corrected chi connectivity index (χ0v) is 15.2. The van der Waals surface area contributed by atoms with E-state index in [0.29, 0.717) is 0 Å². The number of para-hydroxylation sites is 1. The zero-order chi connectivity index (χ0) is 17.9. The first kappa shape index (κ1) is 16.7. The lowest BCUT2D eigenvalue weighted by molar-refractivity contribution is 0.102. The number of hydrogen-bond acceptors (Lipinski definition) is 3. The number of carbonyl (C=O) groups is 1. The first-order valence-corrected chi connectivity index (χ1v) is 9.36. The minimum Gasteiger partial charge on any atom is -0.496 e. The Kier molecular flexibility index (Phi) is 4.63. The van der Waals surface area contributed by atoms with Crippen LogP contribution in [0.3, 0.4) is 0 Å². The summed E-state index contributed by atoms with van der Waals surface area (Å²) in [5, 5.41) is -0.0384. The van der Waals surface area contributed by atoms with Gasteiger partial charge < -0.3 is 4.74 Å². The lowest BCUT2D eigenvalue weighted by atomic mass is 9.93. The van der Waals surface area contributed by atoms with Crippen LogP contribution in [0.5, 0.6) is 5.75 Å². The molecule has 0 saturated carbocycles. The molecule has 0 radical (unpaired) electrons. The molecule has 3 aromatic carbocycles. The van der Waals surface area contributed by atoms with Gasteiger partial charge in [0.25, 0.3) is 0 Å². The van der Waals surface area contributed by atoms with Crippen molar-refractivity contribution in [3.05, 3.63) is 101 Å². The van der Waals surface area contributed by atoms with Crippen molar-refractivity contribution < 1.29 is 9.53 Å². The van der Waals surface area contributed by atoms with E-state index < -0.39 is 0 Å². The summed E-state index contributed by atoms with van der Waals surface area (Å²) in [4.78, 5) is 14.3. The van der Waals surface area contributed by atoms with Crippen LogP contribution in [0.1, 0.15) is 26.7 Å². The lowest BCUT2D eigenvalue weighted by Crippen LogP contribution is -2.16. The summed E-state index contributed by atoms with van der Waals surface area (Å²) in [7, 11) is 1.65. The summed E-state index contributed by atoms with van der Waals surface area (Å²) in [5.74, 6) is 0.850. The molecule has 2 nitrogen and oxygen atoms in total. The molecule has 0 spiro atoms. The van der Waals surface area contributed by atoms with Crippen molar-refractivity contribution in [1.29, 1.82) is 0 Å². The first-order valence-electron chi connectivity index (χ1n) is 8.48. The van der Waals surface area contributed by atoms with Gasteiger partial charge in [0.05, 0.1) is 12.4 Å². The van der Waals surface area contributed by atoms with E-state index in [9.17, 15) is 4.79 Å². The Bertz CT molecular complexity index is 976. The maximum atomic E-state index is 13.3. The lowest BCUT2D eigenvalue weighted by Gasteiger charge is -2.26. The minimum atomic E-state index is -0.0384. The molecule has 0 bridgehead atoms. The number of methoxy groups -OCH3 is 1. The molecule has 1 aliphatic heterocycles. The average molecular weight is 358 g/mol. The predicted molar refractivity (Wildman–Crippen MR) is 107 cm³/mol. The molecule has 0 aromatic heterocycles. The first-order chi connectivity index (χ1) is 12.8. The molecular weight excluding hydrogens is 340 g/mol. The quantitative estimate of drug-likeness (QED) is 0.553. The second-order valence-corrected chi connectivity index (χ2v) is 7.22.